The van der Waals surface area contributed by atoms with E-state index < -0.39 is 11.7 Å². The van der Waals surface area contributed by atoms with E-state index in [0.717, 1.165) is 37.6 Å². The van der Waals surface area contributed by atoms with E-state index in [1.807, 2.05) is 62.0 Å². The molecule has 1 amide bonds. The van der Waals surface area contributed by atoms with Crippen molar-refractivity contribution in [1.82, 2.24) is 20.4 Å². The van der Waals surface area contributed by atoms with Crippen molar-refractivity contribution in [2.24, 2.45) is 4.99 Å². The van der Waals surface area contributed by atoms with Gasteiger partial charge in [0.1, 0.15) is 5.60 Å². The lowest BCUT2D eigenvalue weighted by atomic mass is 10.1. The number of hydrogen-bond donors (Lipinski definition) is 3. The standard InChI is InChI=1S/C20H30N6O2.HI/c1-20(2,3)28-19(27)25-17-8-6-16(7-9-17)10-12-22-18(21-4)23-13-15-26-14-5-11-24-26;/h5-9,11,14H,10,12-13,15H2,1-4H3,(H,25,27)(H2,21,22,23);1H. The third-order valence-electron chi connectivity index (χ3n) is 3.72. The fourth-order valence-electron chi connectivity index (χ4n) is 2.44. The molecule has 0 spiro atoms. The maximum atomic E-state index is 11.8. The first kappa shape index (κ1) is 24.7. The number of carbonyl (C=O) groups excluding carboxylic acids is 1. The van der Waals surface area contributed by atoms with Gasteiger partial charge in [0, 0.05) is 38.2 Å². The van der Waals surface area contributed by atoms with Gasteiger partial charge in [-0.3, -0.25) is 15.0 Å². The van der Waals surface area contributed by atoms with E-state index in [4.69, 9.17) is 4.74 Å². The van der Waals surface area contributed by atoms with Crippen LogP contribution in [-0.4, -0.2) is 47.6 Å². The molecule has 0 saturated carbocycles. The molecule has 0 fully saturated rings. The second kappa shape index (κ2) is 12.3. The summed E-state index contributed by atoms with van der Waals surface area (Å²) in [6.45, 7) is 7.78. The molecule has 0 aliphatic carbocycles. The Balaban J connectivity index is 0.00000420. The number of nitrogens with one attached hydrogen (secondary N) is 3. The molecule has 0 aliphatic heterocycles. The lowest BCUT2D eigenvalue weighted by Gasteiger charge is -2.19. The zero-order valence-electron chi connectivity index (χ0n) is 17.4. The van der Waals surface area contributed by atoms with Crippen LogP contribution in [0.25, 0.3) is 0 Å². The van der Waals surface area contributed by atoms with Crippen molar-refractivity contribution in [3.05, 3.63) is 48.3 Å². The minimum Gasteiger partial charge on any atom is -0.444 e. The van der Waals surface area contributed by atoms with Crippen molar-refractivity contribution in [3.63, 3.8) is 0 Å². The SMILES string of the molecule is CN=C(NCCc1ccc(NC(=O)OC(C)(C)C)cc1)NCCn1cccn1.I. The van der Waals surface area contributed by atoms with Crippen molar-refractivity contribution in [1.29, 1.82) is 0 Å². The van der Waals surface area contributed by atoms with Gasteiger partial charge in [0.2, 0.25) is 0 Å². The fraction of sp³-hybridized carbons (Fsp3) is 0.450. The molecule has 0 radical (unpaired) electrons. The molecule has 0 bridgehead atoms. The van der Waals surface area contributed by atoms with Crippen LogP contribution in [0.3, 0.4) is 0 Å². The number of guanidine groups is 1. The summed E-state index contributed by atoms with van der Waals surface area (Å²) in [6.07, 6.45) is 4.08. The van der Waals surface area contributed by atoms with Crippen LogP contribution in [-0.2, 0) is 17.7 Å². The highest BCUT2D eigenvalue weighted by molar-refractivity contribution is 14.0. The number of benzene rings is 1. The molecule has 3 N–H and O–H groups in total. The monoisotopic (exact) mass is 514 g/mol. The van der Waals surface area contributed by atoms with E-state index in [0.29, 0.717) is 5.69 Å². The van der Waals surface area contributed by atoms with Crippen molar-refractivity contribution >= 4 is 41.7 Å². The Kier molecular flexibility index (Phi) is 10.5. The summed E-state index contributed by atoms with van der Waals surface area (Å²) in [7, 11) is 1.75. The lowest BCUT2D eigenvalue weighted by molar-refractivity contribution is 0.0636. The van der Waals surface area contributed by atoms with Gasteiger partial charge in [-0.25, -0.2) is 4.79 Å². The first-order chi connectivity index (χ1) is 13.4. The quantitative estimate of drug-likeness (QED) is 0.300. The highest BCUT2D eigenvalue weighted by Gasteiger charge is 2.16. The number of halogens is 1. The summed E-state index contributed by atoms with van der Waals surface area (Å²) in [5.41, 5.74) is 1.36. The molecular weight excluding hydrogens is 483 g/mol. The normalized spacial score (nSPS) is 11.4. The number of aromatic nitrogens is 2. The van der Waals surface area contributed by atoms with Gasteiger partial charge in [-0.2, -0.15) is 5.10 Å². The molecular formula is C20H31IN6O2. The first-order valence-electron chi connectivity index (χ1n) is 9.36. The number of hydrogen-bond acceptors (Lipinski definition) is 4. The molecule has 9 heteroatoms. The third-order valence-corrected chi connectivity index (χ3v) is 3.72. The average molecular weight is 514 g/mol. The Morgan fingerprint density at radius 3 is 2.45 bits per heavy atom. The van der Waals surface area contributed by atoms with E-state index >= 15 is 0 Å². The van der Waals surface area contributed by atoms with Crippen LogP contribution in [0.15, 0.2) is 47.7 Å². The average Bonchev–Trinajstić information content (AvgIpc) is 3.13. The first-order valence-corrected chi connectivity index (χ1v) is 9.36. The van der Waals surface area contributed by atoms with E-state index in [1.165, 1.54) is 0 Å². The number of carbonyl (C=O) groups is 1. The lowest BCUT2D eigenvalue weighted by Crippen LogP contribution is -2.39. The fourth-order valence-corrected chi connectivity index (χ4v) is 2.44. The second-order valence-electron chi connectivity index (χ2n) is 7.27. The highest BCUT2D eigenvalue weighted by Crippen LogP contribution is 2.13. The topological polar surface area (TPSA) is 92.6 Å². The molecule has 160 valence electrons. The summed E-state index contributed by atoms with van der Waals surface area (Å²) in [4.78, 5) is 16.0. The minimum atomic E-state index is -0.513. The van der Waals surface area contributed by atoms with Crippen molar-refractivity contribution in [2.45, 2.75) is 39.3 Å². The Bertz CT molecular complexity index is 754. The van der Waals surface area contributed by atoms with Gasteiger partial charge in [-0.15, -0.1) is 24.0 Å². The van der Waals surface area contributed by atoms with Crippen LogP contribution >= 0.6 is 24.0 Å². The van der Waals surface area contributed by atoms with Crippen molar-refractivity contribution in [2.75, 3.05) is 25.5 Å². The predicted molar refractivity (Wildman–Crippen MR) is 127 cm³/mol. The summed E-state index contributed by atoms with van der Waals surface area (Å²) >= 11 is 0. The molecule has 1 aromatic carbocycles. The number of aliphatic imine (C=N–C) groups is 1. The summed E-state index contributed by atoms with van der Waals surface area (Å²) in [5, 5.41) is 13.4. The smallest absolute Gasteiger partial charge is 0.412 e. The van der Waals surface area contributed by atoms with E-state index in [2.05, 4.69) is 26.0 Å². The maximum absolute atomic E-state index is 11.8. The van der Waals surface area contributed by atoms with Gasteiger partial charge < -0.3 is 15.4 Å². The maximum Gasteiger partial charge on any atom is 0.412 e. The molecule has 29 heavy (non-hydrogen) atoms. The zero-order valence-corrected chi connectivity index (χ0v) is 19.8. The minimum absolute atomic E-state index is 0. The number of amides is 1. The van der Waals surface area contributed by atoms with Crippen LogP contribution in [0.1, 0.15) is 26.3 Å². The highest BCUT2D eigenvalue weighted by atomic mass is 127. The van der Waals surface area contributed by atoms with Crippen molar-refractivity contribution in [3.8, 4) is 0 Å². The van der Waals surface area contributed by atoms with Gasteiger partial charge in [-0.05, 0) is 51.0 Å². The zero-order chi connectivity index (χ0) is 20.4. The molecule has 1 heterocycles. The second-order valence-corrected chi connectivity index (χ2v) is 7.27. The van der Waals surface area contributed by atoms with E-state index in [-0.39, 0.29) is 24.0 Å². The van der Waals surface area contributed by atoms with Gasteiger partial charge >= 0.3 is 6.09 Å². The Labute approximate surface area is 189 Å². The van der Waals surface area contributed by atoms with Crippen LogP contribution in [0.4, 0.5) is 10.5 Å². The molecule has 1 aromatic heterocycles. The molecule has 0 saturated heterocycles. The van der Waals surface area contributed by atoms with Crippen LogP contribution < -0.4 is 16.0 Å². The van der Waals surface area contributed by atoms with Crippen LogP contribution in [0.2, 0.25) is 0 Å². The number of rotatable bonds is 7. The predicted octanol–water partition coefficient (Wildman–Crippen LogP) is 3.26. The Morgan fingerprint density at radius 1 is 1.17 bits per heavy atom. The van der Waals surface area contributed by atoms with Crippen LogP contribution in [0, 0.1) is 0 Å². The third kappa shape index (κ3) is 10.2. The summed E-state index contributed by atoms with van der Waals surface area (Å²) < 4.78 is 7.11. The van der Waals surface area contributed by atoms with E-state index in [9.17, 15) is 4.79 Å². The van der Waals surface area contributed by atoms with Gasteiger partial charge in [-0.1, -0.05) is 12.1 Å². The van der Waals surface area contributed by atoms with Gasteiger partial charge in [0.15, 0.2) is 5.96 Å². The number of nitrogens with zero attached hydrogens (tertiary/aromatic N) is 3. The Morgan fingerprint density at radius 2 is 1.86 bits per heavy atom. The Hall–Kier alpha value is -2.30. The van der Waals surface area contributed by atoms with Crippen LogP contribution in [0.5, 0.6) is 0 Å². The molecule has 0 atom stereocenters. The molecule has 2 rings (SSSR count). The molecule has 0 unspecified atom stereocenters. The van der Waals surface area contributed by atoms with E-state index in [1.54, 1.807) is 13.2 Å². The number of anilines is 1. The van der Waals surface area contributed by atoms with Crippen molar-refractivity contribution < 1.29 is 9.53 Å². The largest absolute Gasteiger partial charge is 0.444 e. The van der Waals surface area contributed by atoms with Gasteiger partial charge in [0.25, 0.3) is 0 Å². The molecule has 0 aliphatic rings. The summed E-state index contributed by atoms with van der Waals surface area (Å²) in [6, 6.07) is 9.62. The molecule has 8 nitrogen and oxygen atoms in total. The van der Waals surface area contributed by atoms with Gasteiger partial charge in [0.05, 0.1) is 6.54 Å². The number of ether oxygens (including phenoxy) is 1. The summed E-state index contributed by atoms with van der Waals surface area (Å²) in [5.74, 6) is 0.760. The molecule has 2 aromatic rings.